The summed E-state index contributed by atoms with van der Waals surface area (Å²) in [4.78, 5) is 0. The number of fused-ring (bicyclic) bond motifs is 1. The Morgan fingerprint density at radius 2 is 1.48 bits per heavy atom. The summed E-state index contributed by atoms with van der Waals surface area (Å²) in [5.41, 5.74) is 1.95. The third kappa shape index (κ3) is 7.43. The van der Waals surface area contributed by atoms with Crippen LogP contribution >= 0.6 is 0 Å². The predicted molar refractivity (Wildman–Crippen MR) is 134 cm³/mol. The quantitative estimate of drug-likeness (QED) is 0.357. The molecule has 0 amide bonds. The molecule has 2 heteroatoms. The van der Waals surface area contributed by atoms with E-state index < -0.39 is 6.85 Å². The second-order valence-electron chi connectivity index (χ2n) is 11.2. The molecule has 0 saturated carbocycles. The molecule has 2 nitrogen and oxygen atoms in total. The van der Waals surface area contributed by atoms with Crippen LogP contribution in [-0.2, 0) is 6.42 Å². The standard InChI is InChI=1S/C29H50O2/c1-20(2)12-9-13-21(3)14-10-15-22(4)16-11-18-29(8)19-17-26-25(7)27(30)23(5)24(6)28(26)31-29/h20-22,30H,9-19H2,1-8H3/t21?,22?,29-/m0/s1/i7D3. The number of aromatic hydroxyl groups is 1. The molecule has 1 aromatic rings. The average molecular weight is 434 g/mol. The van der Waals surface area contributed by atoms with Crippen molar-refractivity contribution in [2.45, 2.75) is 132 Å². The van der Waals surface area contributed by atoms with Gasteiger partial charge in [0.25, 0.3) is 0 Å². The zero-order valence-corrected chi connectivity index (χ0v) is 21.4. The summed E-state index contributed by atoms with van der Waals surface area (Å²) in [6.07, 6.45) is 12.8. The lowest BCUT2D eigenvalue weighted by atomic mass is 9.84. The van der Waals surface area contributed by atoms with Crippen molar-refractivity contribution in [3.63, 3.8) is 0 Å². The Balaban J connectivity index is 1.86. The lowest BCUT2D eigenvalue weighted by Crippen LogP contribution is -2.37. The van der Waals surface area contributed by atoms with Gasteiger partial charge in [0.2, 0.25) is 0 Å². The number of benzene rings is 1. The Bertz CT molecular complexity index is 800. The summed E-state index contributed by atoms with van der Waals surface area (Å²) < 4.78 is 30.3. The molecule has 1 heterocycles. The first-order valence-corrected chi connectivity index (χ1v) is 12.8. The van der Waals surface area contributed by atoms with Crippen molar-refractivity contribution < 1.29 is 14.0 Å². The normalized spacial score (nSPS) is 22.3. The number of rotatable bonds is 12. The van der Waals surface area contributed by atoms with Crippen LogP contribution in [0.1, 0.15) is 125 Å². The molecule has 1 aliphatic heterocycles. The van der Waals surface area contributed by atoms with E-state index in [-0.39, 0.29) is 16.9 Å². The van der Waals surface area contributed by atoms with Crippen LogP contribution in [0.15, 0.2) is 0 Å². The minimum atomic E-state index is -2.34. The second kappa shape index (κ2) is 11.6. The maximum atomic E-state index is 10.6. The van der Waals surface area contributed by atoms with Gasteiger partial charge in [-0.05, 0) is 87.8 Å². The molecule has 0 radical (unpaired) electrons. The highest BCUT2D eigenvalue weighted by atomic mass is 16.5. The Kier molecular flexibility index (Phi) is 8.11. The van der Waals surface area contributed by atoms with E-state index in [4.69, 9.17) is 8.85 Å². The van der Waals surface area contributed by atoms with E-state index in [1.807, 2.05) is 6.92 Å². The van der Waals surface area contributed by atoms with E-state index in [0.29, 0.717) is 23.3 Å². The molecular weight excluding hydrogens is 380 g/mol. The molecule has 2 rings (SSSR count). The van der Waals surface area contributed by atoms with Crippen molar-refractivity contribution in [1.82, 2.24) is 0 Å². The highest BCUT2D eigenvalue weighted by Crippen LogP contribution is 2.44. The molecule has 31 heavy (non-hydrogen) atoms. The highest BCUT2D eigenvalue weighted by Gasteiger charge is 2.34. The Labute approximate surface area is 197 Å². The van der Waals surface area contributed by atoms with Gasteiger partial charge in [0.05, 0.1) is 0 Å². The van der Waals surface area contributed by atoms with Gasteiger partial charge in [0.15, 0.2) is 0 Å². The molecule has 2 unspecified atom stereocenters. The lowest BCUT2D eigenvalue weighted by Gasteiger charge is -2.38. The monoisotopic (exact) mass is 433 g/mol. The van der Waals surface area contributed by atoms with Gasteiger partial charge in [0.1, 0.15) is 17.1 Å². The number of hydrogen-bond donors (Lipinski definition) is 1. The molecule has 178 valence electrons. The zero-order valence-electron chi connectivity index (χ0n) is 24.4. The van der Waals surface area contributed by atoms with Gasteiger partial charge in [-0.2, -0.15) is 0 Å². The largest absolute Gasteiger partial charge is 0.507 e. The number of ether oxygens (including phenoxy) is 1. The fourth-order valence-corrected chi connectivity index (χ4v) is 5.06. The first-order chi connectivity index (χ1) is 15.7. The van der Waals surface area contributed by atoms with Crippen LogP contribution in [0.4, 0.5) is 0 Å². The van der Waals surface area contributed by atoms with Crippen LogP contribution in [0.3, 0.4) is 0 Å². The molecule has 0 saturated heterocycles. The van der Waals surface area contributed by atoms with Crippen LogP contribution in [0.25, 0.3) is 0 Å². The van der Waals surface area contributed by atoms with Crippen LogP contribution in [-0.4, -0.2) is 10.7 Å². The minimum absolute atomic E-state index is 0.0831. The number of phenolic OH excluding ortho intramolecular Hbond substituents is 1. The van der Waals surface area contributed by atoms with Crippen molar-refractivity contribution in [2.24, 2.45) is 17.8 Å². The van der Waals surface area contributed by atoms with E-state index in [2.05, 4.69) is 34.6 Å². The van der Waals surface area contributed by atoms with E-state index in [0.717, 1.165) is 42.6 Å². The Morgan fingerprint density at radius 3 is 2.06 bits per heavy atom. The maximum absolute atomic E-state index is 10.6. The summed E-state index contributed by atoms with van der Waals surface area (Å²) in [5.74, 6) is 2.98. The third-order valence-electron chi connectivity index (χ3n) is 7.60. The molecule has 1 aliphatic rings. The molecule has 1 N–H and O–H groups in total. The average Bonchev–Trinajstić information content (AvgIpc) is 2.71. The van der Waals surface area contributed by atoms with Gasteiger partial charge in [-0.1, -0.05) is 72.6 Å². The van der Waals surface area contributed by atoms with Crippen molar-refractivity contribution in [1.29, 1.82) is 0 Å². The van der Waals surface area contributed by atoms with E-state index in [1.54, 1.807) is 6.92 Å². The van der Waals surface area contributed by atoms with Crippen molar-refractivity contribution in [2.75, 3.05) is 0 Å². The number of hydrogen-bond acceptors (Lipinski definition) is 2. The van der Waals surface area contributed by atoms with E-state index >= 15 is 0 Å². The predicted octanol–water partition coefficient (Wildman–Crippen LogP) is 8.84. The third-order valence-corrected chi connectivity index (χ3v) is 7.60. The van der Waals surface area contributed by atoms with Gasteiger partial charge < -0.3 is 9.84 Å². The van der Waals surface area contributed by atoms with Crippen molar-refractivity contribution in [3.8, 4) is 11.5 Å². The summed E-state index contributed by atoms with van der Waals surface area (Å²) >= 11 is 0. The Morgan fingerprint density at radius 1 is 0.903 bits per heavy atom. The molecular formula is C29H50O2. The summed E-state index contributed by atoms with van der Waals surface area (Å²) in [6.45, 7) is 12.9. The zero-order chi connectivity index (χ0) is 25.7. The van der Waals surface area contributed by atoms with E-state index in [9.17, 15) is 5.11 Å². The van der Waals surface area contributed by atoms with Gasteiger partial charge >= 0.3 is 0 Å². The summed E-state index contributed by atoms with van der Waals surface area (Å²) in [6, 6.07) is 0. The molecule has 0 bridgehead atoms. The van der Waals surface area contributed by atoms with Gasteiger partial charge in [-0.25, -0.2) is 0 Å². The Hall–Kier alpha value is -1.18. The highest BCUT2D eigenvalue weighted by molar-refractivity contribution is 5.58. The smallest absolute Gasteiger partial charge is 0.127 e. The van der Waals surface area contributed by atoms with Crippen LogP contribution in [0.5, 0.6) is 11.5 Å². The van der Waals surface area contributed by atoms with Crippen LogP contribution in [0, 0.1) is 38.5 Å². The molecule has 0 spiro atoms. The van der Waals surface area contributed by atoms with Gasteiger partial charge in [0, 0.05) is 9.68 Å². The minimum Gasteiger partial charge on any atom is -0.507 e. The van der Waals surface area contributed by atoms with Crippen molar-refractivity contribution >= 4 is 0 Å². The summed E-state index contributed by atoms with van der Waals surface area (Å²) in [7, 11) is 0. The molecule has 0 fully saturated rings. The van der Waals surface area contributed by atoms with Crippen molar-refractivity contribution in [3.05, 3.63) is 22.3 Å². The van der Waals surface area contributed by atoms with Crippen LogP contribution < -0.4 is 4.74 Å². The molecule has 1 aromatic carbocycles. The SMILES string of the molecule is [2H]C([2H])([2H])c1c(O)c(C)c(C)c2c1CC[C@](C)(CCCC(C)CCCC(C)CCCC(C)C)O2. The fourth-order valence-electron chi connectivity index (χ4n) is 5.06. The number of phenols is 1. The first-order valence-electron chi connectivity index (χ1n) is 14.3. The molecule has 0 aliphatic carbocycles. The maximum Gasteiger partial charge on any atom is 0.127 e. The second-order valence-corrected chi connectivity index (χ2v) is 11.2. The first kappa shape index (κ1) is 21.7. The van der Waals surface area contributed by atoms with Gasteiger partial charge in [-0.15, -0.1) is 0 Å². The van der Waals surface area contributed by atoms with E-state index in [1.165, 1.54) is 44.9 Å². The summed E-state index contributed by atoms with van der Waals surface area (Å²) in [5, 5.41) is 10.6. The molecule has 0 aromatic heterocycles. The molecule has 3 atom stereocenters. The lowest BCUT2D eigenvalue weighted by molar-refractivity contribution is 0.0512. The van der Waals surface area contributed by atoms with Gasteiger partial charge in [-0.3, -0.25) is 0 Å². The fraction of sp³-hybridized carbons (Fsp3) is 0.793. The topological polar surface area (TPSA) is 29.5 Å². The van der Waals surface area contributed by atoms with Crippen LogP contribution in [0.2, 0.25) is 0 Å².